The van der Waals surface area contributed by atoms with Crippen molar-refractivity contribution in [3.63, 3.8) is 0 Å². The highest BCUT2D eigenvalue weighted by atomic mass is 19.1. The van der Waals surface area contributed by atoms with E-state index in [-0.39, 0.29) is 6.04 Å². The Labute approximate surface area is 115 Å². The molecular formula is C14H16F2N4. The van der Waals surface area contributed by atoms with Crippen LogP contribution in [0.25, 0.3) is 0 Å². The molecule has 1 unspecified atom stereocenters. The smallest absolute Gasteiger partial charge is 0.128 e. The van der Waals surface area contributed by atoms with Crippen LogP contribution < -0.4 is 17.0 Å². The zero-order chi connectivity index (χ0) is 14.7. The van der Waals surface area contributed by atoms with Crippen LogP contribution in [-0.2, 0) is 6.42 Å². The number of nitrogens with two attached hydrogens (primary N) is 2. The number of hydrogen-bond acceptors (Lipinski definition) is 4. The first-order chi connectivity index (χ1) is 9.51. The number of nitrogen functional groups attached to an aromatic ring is 1. The van der Waals surface area contributed by atoms with E-state index in [0.29, 0.717) is 17.8 Å². The van der Waals surface area contributed by atoms with Gasteiger partial charge in [0, 0.05) is 17.8 Å². The maximum atomic E-state index is 13.2. The molecule has 6 heteroatoms. The Kier molecular flexibility index (Phi) is 4.26. The summed E-state index contributed by atoms with van der Waals surface area (Å²) in [7, 11) is 0. The first-order valence-corrected chi connectivity index (χ1v) is 6.13. The molecule has 20 heavy (non-hydrogen) atoms. The van der Waals surface area contributed by atoms with E-state index in [1.807, 2.05) is 13.0 Å². The summed E-state index contributed by atoms with van der Waals surface area (Å²) in [4.78, 5) is 4.02. The van der Waals surface area contributed by atoms with Gasteiger partial charge in [0.15, 0.2) is 0 Å². The fourth-order valence-corrected chi connectivity index (χ4v) is 2.25. The van der Waals surface area contributed by atoms with Crippen molar-refractivity contribution in [2.24, 2.45) is 5.84 Å². The highest BCUT2D eigenvalue weighted by molar-refractivity contribution is 5.46. The number of benzene rings is 1. The van der Waals surface area contributed by atoms with Gasteiger partial charge in [0.25, 0.3) is 0 Å². The van der Waals surface area contributed by atoms with Crippen molar-refractivity contribution in [1.29, 1.82) is 0 Å². The zero-order valence-electron chi connectivity index (χ0n) is 11.0. The van der Waals surface area contributed by atoms with Gasteiger partial charge < -0.3 is 5.73 Å². The molecule has 0 aliphatic rings. The van der Waals surface area contributed by atoms with Gasteiger partial charge >= 0.3 is 0 Å². The number of nitrogens with zero attached hydrogens (tertiary/aromatic N) is 1. The van der Waals surface area contributed by atoms with Gasteiger partial charge in [-0.15, -0.1) is 0 Å². The minimum Gasteiger partial charge on any atom is -0.383 e. The standard InChI is InChI=1S/C14H16F2N4/c1-8-2-3-19-14(17)13(8)12(20-18)6-9-4-10(15)7-11(16)5-9/h2-5,7,12,20H,6,18H2,1H3,(H2,17,19). The molecule has 1 aromatic carbocycles. The van der Waals surface area contributed by atoms with Gasteiger partial charge in [-0.1, -0.05) is 0 Å². The molecule has 0 aliphatic carbocycles. The largest absolute Gasteiger partial charge is 0.383 e. The number of halogens is 2. The summed E-state index contributed by atoms with van der Waals surface area (Å²) in [5.74, 6) is 4.66. The lowest BCUT2D eigenvalue weighted by Crippen LogP contribution is -2.31. The van der Waals surface area contributed by atoms with Gasteiger partial charge in [0.05, 0.1) is 6.04 Å². The second-order valence-electron chi connectivity index (χ2n) is 4.63. The fourth-order valence-electron chi connectivity index (χ4n) is 2.25. The molecule has 0 fully saturated rings. The number of rotatable bonds is 4. The molecule has 5 N–H and O–H groups in total. The van der Waals surface area contributed by atoms with Crippen molar-refractivity contribution in [2.45, 2.75) is 19.4 Å². The van der Waals surface area contributed by atoms with Crippen LogP contribution in [0.4, 0.5) is 14.6 Å². The Morgan fingerprint density at radius 1 is 1.25 bits per heavy atom. The van der Waals surface area contributed by atoms with Crippen LogP contribution in [0.1, 0.15) is 22.7 Å². The summed E-state index contributed by atoms with van der Waals surface area (Å²) in [6.45, 7) is 1.88. The molecule has 0 saturated carbocycles. The van der Waals surface area contributed by atoms with Gasteiger partial charge in [-0.3, -0.25) is 11.3 Å². The highest BCUT2D eigenvalue weighted by Crippen LogP contribution is 2.25. The molecule has 1 heterocycles. The molecule has 0 aliphatic heterocycles. The highest BCUT2D eigenvalue weighted by Gasteiger charge is 2.17. The summed E-state index contributed by atoms with van der Waals surface area (Å²) >= 11 is 0. The number of hydrogen-bond donors (Lipinski definition) is 3. The predicted octanol–water partition coefficient (Wildman–Crippen LogP) is 2.00. The van der Waals surface area contributed by atoms with Crippen LogP contribution in [-0.4, -0.2) is 4.98 Å². The van der Waals surface area contributed by atoms with E-state index in [1.54, 1.807) is 6.20 Å². The third-order valence-corrected chi connectivity index (χ3v) is 3.15. The SMILES string of the molecule is Cc1ccnc(N)c1C(Cc1cc(F)cc(F)c1)NN. The first kappa shape index (κ1) is 14.4. The number of nitrogens with one attached hydrogen (secondary N) is 1. The predicted molar refractivity (Wildman–Crippen MR) is 73.5 cm³/mol. The lowest BCUT2D eigenvalue weighted by molar-refractivity contribution is 0.538. The Morgan fingerprint density at radius 2 is 1.90 bits per heavy atom. The van der Waals surface area contributed by atoms with E-state index in [9.17, 15) is 8.78 Å². The van der Waals surface area contributed by atoms with Crippen LogP contribution in [0.15, 0.2) is 30.5 Å². The molecule has 106 valence electrons. The molecule has 0 spiro atoms. The van der Waals surface area contributed by atoms with Crippen LogP contribution in [0.5, 0.6) is 0 Å². The van der Waals surface area contributed by atoms with Gasteiger partial charge in [0.1, 0.15) is 17.5 Å². The van der Waals surface area contributed by atoms with Crippen LogP contribution in [0.3, 0.4) is 0 Å². The molecule has 4 nitrogen and oxygen atoms in total. The second-order valence-corrected chi connectivity index (χ2v) is 4.63. The van der Waals surface area contributed by atoms with Gasteiger partial charge in [-0.2, -0.15) is 0 Å². The molecule has 1 aromatic heterocycles. The van der Waals surface area contributed by atoms with E-state index < -0.39 is 11.6 Å². The second kappa shape index (κ2) is 5.94. The lowest BCUT2D eigenvalue weighted by Gasteiger charge is -2.20. The van der Waals surface area contributed by atoms with Crippen molar-refractivity contribution in [2.75, 3.05) is 5.73 Å². The third kappa shape index (κ3) is 3.09. The number of aryl methyl sites for hydroxylation is 1. The summed E-state index contributed by atoms with van der Waals surface area (Å²) in [5, 5.41) is 0. The molecule has 2 aromatic rings. The van der Waals surface area contributed by atoms with Crippen molar-refractivity contribution >= 4 is 5.82 Å². The average molecular weight is 278 g/mol. The molecule has 0 radical (unpaired) electrons. The summed E-state index contributed by atoms with van der Waals surface area (Å²) in [6.07, 6.45) is 1.91. The van der Waals surface area contributed by atoms with E-state index in [4.69, 9.17) is 11.6 Å². The number of anilines is 1. The first-order valence-electron chi connectivity index (χ1n) is 6.13. The third-order valence-electron chi connectivity index (χ3n) is 3.15. The van der Waals surface area contributed by atoms with E-state index >= 15 is 0 Å². The van der Waals surface area contributed by atoms with Crippen molar-refractivity contribution in [3.05, 3.63) is 58.8 Å². The van der Waals surface area contributed by atoms with Crippen molar-refractivity contribution in [3.8, 4) is 0 Å². The average Bonchev–Trinajstić information content (AvgIpc) is 2.36. The zero-order valence-corrected chi connectivity index (χ0v) is 11.0. The maximum absolute atomic E-state index is 13.2. The van der Waals surface area contributed by atoms with Crippen molar-refractivity contribution < 1.29 is 8.78 Å². The molecular weight excluding hydrogens is 262 g/mol. The van der Waals surface area contributed by atoms with E-state index in [0.717, 1.165) is 17.2 Å². The minimum atomic E-state index is -0.619. The van der Waals surface area contributed by atoms with Gasteiger partial charge in [-0.05, 0) is 42.7 Å². The van der Waals surface area contributed by atoms with E-state index in [2.05, 4.69) is 10.4 Å². The minimum absolute atomic E-state index is 0.307. The molecule has 0 bridgehead atoms. The quantitative estimate of drug-likeness (QED) is 0.590. The maximum Gasteiger partial charge on any atom is 0.128 e. The summed E-state index contributed by atoms with van der Waals surface area (Å²) in [6, 6.07) is 4.81. The molecule has 0 saturated heterocycles. The van der Waals surface area contributed by atoms with Gasteiger partial charge in [0.2, 0.25) is 0 Å². The summed E-state index contributed by atoms with van der Waals surface area (Å²) in [5.41, 5.74) is 10.6. The van der Waals surface area contributed by atoms with Crippen LogP contribution >= 0.6 is 0 Å². The fraction of sp³-hybridized carbons (Fsp3) is 0.214. The monoisotopic (exact) mass is 278 g/mol. The molecule has 1 atom stereocenters. The van der Waals surface area contributed by atoms with Crippen LogP contribution in [0, 0.1) is 18.6 Å². The number of aromatic nitrogens is 1. The van der Waals surface area contributed by atoms with Crippen LogP contribution in [0.2, 0.25) is 0 Å². The topological polar surface area (TPSA) is 77.0 Å². The van der Waals surface area contributed by atoms with Crippen molar-refractivity contribution in [1.82, 2.24) is 10.4 Å². The van der Waals surface area contributed by atoms with E-state index in [1.165, 1.54) is 12.1 Å². The Morgan fingerprint density at radius 3 is 2.45 bits per heavy atom. The number of hydrazine groups is 1. The van der Waals surface area contributed by atoms with Gasteiger partial charge in [-0.25, -0.2) is 13.8 Å². The Hall–Kier alpha value is -2.05. The Bertz CT molecular complexity index is 576. The lowest BCUT2D eigenvalue weighted by atomic mass is 9.96. The summed E-state index contributed by atoms with van der Waals surface area (Å²) < 4.78 is 26.4. The number of pyridine rings is 1. The Balaban J connectivity index is 2.34. The molecule has 2 rings (SSSR count). The normalized spacial score (nSPS) is 12.4. The molecule has 0 amide bonds.